The van der Waals surface area contributed by atoms with Gasteiger partial charge in [0.25, 0.3) is 5.69 Å². The molecule has 0 aliphatic rings. The Hall–Kier alpha value is -2.87. The number of hydrogen-bond donors (Lipinski definition) is 1. The fraction of sp³-hybridized carbons (Fsp3) is 0.417. The quantitative estimate of drug-likeness (QED) is 0.397. The van der Waals surface area contributed by atoms with E-state index in [4.69, 9.17) is 0 Å². The van der Waals surface area contributed by atoms with Crippen LogP contribution in [0, 0.1) is 17.0 Å². The van der Waals surface area contributed by atoms with Gasteiger partial charge in [-0.3, -0.25) is 19.7 Å². The molecule has 2 amide bonds. The van der Waals surface area contributed by atoms with Gasteiger partial charge in [-0.15, -0.1) is 11.8 Å². The highest BCUT2D eigenvalue weighted by atomic mass is 32.2. The van der Waals surface area contributed by atoms with Crippen LogP contribution in [0.2, 0.25) is 0 Å². The zero-order valence-corrected chi connectivity index (χ0v) is 19.9. The summed E-state index contributed by atoms with van der Waals surface area (Å²) in [4.78, 5) is 38.0. The molecule has 0 radical (unpaired) electrons. The number of non-ortho nitro benzene ring substituents is 1. The lowest BCUT2D eigenvalue weighted by atomic mass is 10.1. The Labute approximate surface area is 193 Å². The highest BCUT2D eigenvalue weighted by Gasteiger charge is 2.28. The molecule has 0 fully saturated rings. The van der Waals surface area contributed by atoms with Gasteiger partial charge < -0.3 is 10.2 Å². The minimum atomic E-state index is -0.550. The number of carbonyl (C=O) groups excluding carboxylic acids is 2. The lowest BCUT2D eigenvalue weighted by molar-refractivity contribution is -0.384. The normalized spacial score (nSPS) is 11.8. The Morgan fingerprint density at radius 1 is 1.06 bits per heavy atom. The number of rotatable bonds is 11. The van der Waals surface area contributed by atoms with Crippen LogP contribution in [0.5, 0.6) is 0 Å². The summed E-state index contributed by atoms with van der Waals surface area (Å²) in [6.45, 7) is 8.07. The molecule has 1 N–H and O–H groups in total. The Bertz CT molecular complexity index is 914. The number of nitro benzene ring substituents is 1. The second-order valence-electron chi connectivity index (χ2n) is 8.01. The molecule has 2 aromatic carbocycles. The molecule has 0 saturated carbocycles. The summed E-state index contributed by atoms with van der Waals surface area (Å²) < 4.78 is 0. The zero-order valence-electron chi connectivity index (χ0n) is 19.0. The second kappa shape index (κ2) is 12.2. The lowest BCUT2D eigenvalue weighted by Crippen LogP contribution is -2.50. The smallest absolute Gasteiger partial charge is 0.269 e. The molecule has 2 aromatic rings. The molecule has 2 rings (SSSR count). The number of aryl methyl sites for hydroxylation is 1. The molecule has 172 valence electrons. The molecule has 0 aliphatic heterocycles. The number of amides is 2. The standard InChI is InChI=1S/C24H31N3O4S/c1-5-22(24(29)25-17(2)3)26(14-19-8-6-18(4)7-9-19)23(28)16-32-15-20-10-12-21(13-11-20)27(30)31/h6-13,17,22H,5,14-16H2,1-4H3,(H,25,29)/t22-/m1/s1. The van der Waals surface area contributed by atoms with Gasteiger partial charge >= 0.3 is 0 Å². The van der Waals surface area contributed by atoms with Crippen LogP contribution in [0.15, 0.2) is 48.5 Å². The molecule has 8 heteroatoms. The van der Waals surface area contributed by atoms with Crippen LogP contribution < -0.4 is 5.32 Å². The first-order chi connectivity index (χ1) is 15.2. The summed E-state index contributed by atoms with van der Waals surface area (Å²) in [5, 5.41) is 13.7. The van der Waals surface area contributed by atoms with E-state index in [0.29, 0.717) is 18.7 Å². The van der Waals surface area contributed by atoms with Crippen LogP contribution >= 0.6 is 11.8 Å². The summed E-state index contributed by atoms with van der Waals surface area (Å²) in [7, 11) is 0. The number of benzene rings is 2. The fourth-order valence-electron chi connectivity index (χ4n) is 3.24. The molecule has 0 bridgehead atoms. The first-order valence-electron chi connectivity index (χ1n) is 10.7. The number of nitrogens with zero attached hydrogens (tertiary/aromatic N) is 2. The van der Waals surface area contributed by atoms with Crippen LogP contribution in [0.3, 0.4) is 0 Å². The third kappa shape index (κ3) is 7.67. The van der Waals surface area contributed by atoms with Crippen molar-refractivity contribution in [3.05, 3.63) is 75.3 Å². The fourth-order valence-corrected chi connectivity index (χ4v) is 4.11. The van der Waals surface area contributed by atoms with Gasteiger partial charge in [-0.05, 0) is 38.3 Å². The van der Waals surface area contributed by atoms with Crippen LogP contribution in [0.4, 0.5) is 5.69 Å². The van der Waals surface area contributed by atoms with Crippen molar-refractivity contribution in [3.8, 4) is 0 Å². The number of carbonyl (C=O) groups is 2. The second-order valence-corrected chi connectivity index (χ2v) is 9.00. The van der Waals surface area contributed by atoms with E-state index in [1.807, 2.05) is 52.0 Å². The summed E-state index contributed by atoms with van der Waals surface area (Å²) in [5.41, 5.74) is 3.05. The molecule has 32 heavy (non-hydrogen) atoms. The van der Waals surface area contributed by atoms with E-state index in [-0.39, 0.29) is 29.3 Å². The third-order valence-electron chi connectivity index (χ3n) is 4.93. The van der Waals surface area contributed by atoms with Gasteiger partial charge in [-0.2, -0.15) is 0 Å². The monoisotopic (exact) mass is 457 g/mol. The first-order valence-corrected chi connectivity index (χ1v) is 11.8. The lowest BCUT2D eigenvalue weighted by Gasteiger charge is -2.31. The maximum Gasteiger partial charge on any atom is 0.269 e. The van der Waals surface area contributed by atoms with Gasteiger partial charge in [0.15, 0.2) is 0 Å². The van der Waals surface area contributed by atoms with Crippen molar-refractivity contribution >= 4 is 29.3 Å². The molecule has 0 saturated heterocycles. The van der Waals surface area contributed by atoms with E-state index in [2.05, 4.69) is 5.32 Å². The van der Waals surface area contributed by atoms with E-state index >= 15 is 0 Å². The SMILES string of the molecule is CC[C@H](C(=O)NC(C)C)N(Cc1ccc(C)cc1)C(=O)CSCc1ccc([N+](=O)[O-])cc1. The van der Waals surface area contributed by atoms with Crippen molar-refractivity contribution in [3.63, 3.8) is 0 Å². The van der Waals surface area contributed by atoms with Crippen LogP contribution in [0.1, 0.15) is 43.9 Å². The minimum Gasteiger partial charge on any atom is -0.352 e. The van der Waals surface area contributed by atoms with Crippen LogP contribution in [-0.4, -0.2) is 39.5 Å². The molecule has 1 atom stereocenters. The van der Waals surface area contributed by atoms with Gasteiger partial charge in [-0.1, -0.05) is 48.9 Å². The maximum absolute atomic E-state index is 13.2. The van der Waals surface area contributed by atoms with Gasteiger partial charge in [0.1, 0.15) is 6.04 Å². The summed E-state index contributed by atoms with van der Waals surface area (Å²) in [6, 6.07) is 13.7. The molecule has 0 unspecified atom stereocenters. The molecule has 0 heterocycles. The van der Waals surface area contributed by atoms with Crippen LogP contribution in [0.25, 0.3) is 0 Å². The molecular formula is C24H31N3O4S. The van der Waals surface area contributed by atoms with E-state index in [1.54, 1.807) is 17.0 Å². The predicted octanol–water partition coefficient (Wildman–Crippen LogP) is 4.47. The maximum atomic E-state index is 13.2. The zero-order chi connectivity index (χ0) is 23.7. The third-order valence-corrected chi connectivity index (χ3v) is 5.92. The van der Waals surface area contributed by atoms with Gasteiger partial charge in [0, 0.05) is 30.5 Å². The van der Waals surface area contributed by atoms with Crippen molar-refractivity contribution in [2.75, 3.05) is 5.75 Å². The van der Waals surface area contributed by atoms with Crippen molar-refractivity contribution < 1.29 is 14.5 Å². The van der Waals surface area contributed by atoms with Crippen LogP contribution in [-0.2, 0) is 21.9 Å². The van der Waals surface area contributed by atoms with Crippen molar-refractivity contribution in [1.82, 2.24) is 10.2 Å². The van der Waals surface area contributed by atoms with E-state index < -0.39 is 11.0 Å². The van der Waals surface area contributed by atoms with Gasteiger partial charge in [0.2, 0.25) is 11.8 Å². The topological polar surface area (TPSA) is 92.6 Å². The molecule has 7 nitrogen and oxygen atoms in total. The summed E-state index contributed by atoms with van der Waals surface area (Å²) in [6.07, 6.45) is 0.517. The number of nitrogens with one attached hydrogen (secondary N) is 1. The number of hydrogen-bond acceptors (Lipinski definition) is 5. The Balaban J connectivity index is 2.10. The highest BCUT2D eigenvalue weighted by Crippen LogP contribution is 2.19. The van der Waals surface area contributed by atoms with E-state index in [0.717, 1.165) is 16.7 Å². The summed E-state index contributed by atoms with van der Waals surface area (Å²) in [5.74, 6) is 0.511. The van der Waals surface area contributed by atoms with Crippen molar-refractivity contribution in [2.45, 2.75) is 58.5 Å². The summed E-state index contributed by atoms with van der Waals surface area (Å²) >= 11 is 1.43. The molecular weight excluding hydrogens is 426 g/mol. The first kappa shape index (κ1) is 25.4. The van der Waals surface area contributed by atoms with E-state index in [1.165, 1.54) is 23.9 Å². The molecule has 0 aromatic heterocycles. The molecule has 0 aliphatic carbocycles. The molecule has 0 spiro atoms. The average molecular weight is 458 g/mol. The Kier molecular flexibility index (Phi) is 9.71. The minimum absolute atomic E-state index is 0.00982. The number of thioether (sulfide) groups is 1. The van der Waals surface area contributed by atoms with Crippen molar-refractivity contribution in [1.29, 1.82) is 0 Å². The average Bonchev–Trinajstić information content (AvgIpc) is 2.74. The van der Waals surface area contributed by atoms with Gasteiger partial charge in [0.05, 0.1) is 10.7 Å². The Morgan fingerprint density at radius 2 is 1.66 bits per heavy atom. The Morgan fingerprint density at radius 3 is 2.19 bits per heavy atom. The highest BCUT2D eigenvalue weighted by molar-refractivity contribution is 7.99. The predicted molar refractivity (Wildman–Crippen MR) is 128 cm³/mol. The van der Waals surface area contributed by atoms with Gasteiger partial charge in [-0.25, -0.2) is 0 Å². The van der Waals surface area contributed by atoms with E-state index in [9.17, 15) is 19.7 Å². The number of nitro groups is 1. The largest absolute Gasteiger partial charge is 0.352 e. The van der Waals surface area contributed by atoms with Crippen molar-refractivity contribution in [2.24, 2.45) is 0 Å².